The summed E-state index contributed by atoms with van der Waals surface area (Å²) in [4.78, 5) is 35.7. The maximum atomic E-state index is 12.9. The third-order valence-corrected chi connectivity index (χ3v) is 4.39. The third-order valence-electron chi connectivity index (χ3n) is 4.19. The molecule has 9 heteroatoms. The lowest BCUT2D eigenvalue weighted by atomic mass is 10.2. The lowest BCUT2D eigenvalue weighted by Gasteiger charge is -2.10. The maximum absolute atomic E-state index is 12.9. The number of carbonyl (C=O) groups excluding carboxylic acids is 3. The normalized spacial score (nSPS) is 12.8. The molecular formula is C21H19FN4O3S. The first-order valence-corrected chi connectivity index (χ1v) is 9.57. The standard InChI is InChI=1S/C21H19FN4O3S/c22-16-8-1-13(2-9-16)3-12-18(27)24-21(30)26-25-20(29)15-6-10-17(11-7-15)23-19(28)14-4-5-14/h1-3,6-12,14H,4-5H2,(H,23,28)(H,25,29)(H2,24,26,27,30)/b12-3+. The first kappa shape index (κ1) is 21.1. The van der Waals surface area contributed by atoms with Crippen molar-refractivity contribution >= 4 is 46.8 Å². The van der Waals surface area contributed by atoms with Gasteiger partial charge in [0, 0.05) is 23.2 Å². The van der Waals surface area contributed by atoms with Crippen molar-refractivity contribution in [2.45, 2.75) is 12.8 Å². The zero-order valence-corrected chi connectivity index (χ0v) is 16.6. The molecule has 1 saturated carbocycles. The van der Waals surface area contributed by atoms with E-state index >= 15 is 0 Å². The number of nitrogens with one attached hydrogen (secondary N) is 4. The van der Waals surface area contributed by atoms with Crippen molar-refractivity contribution in [1.29, 1.82) is 0 Å². The second kappa shape index (κ2) is 9.75. The number of thiocarbonyl (C=S) groups is 1. The van der Waals surface area contributed by atoms with E-state index in [1.165, 1.54) is 36.4 Å². The van der Waals surface area contributed by atoms with Crippen LogP contribution in [-0.4, -0.2) is 22.8 Å². The van der Waals surface area contributed by atoms with Gasteiger partial charge in [-0.1, -0.05) is 12.1 Å². The molecule has 1 aliphatic carbocycles. The summed E-state index contributed by atoms with van der Waals surface area (Å²) >= 11 is 4.96. The van der Waals surface area contributed by atoms with Crippen molar-refractivity contribution in [3.8, 4) is 0 Å². The largest absolute Gasteiger partial charge is 0.326 e. The van der Waals surface area contributed by atoms with Gasteiger partial charge in [-0.05, 0) is 73.1 Å². The maximum Gasteiger partial charge on any atom is 0.269 e. The van der Waals surface area contributed by atoms with Gasteiger partial charge in [0.05, 0.1) is 0 Å². The molecule has 0 bridgehead atoms. The second-order valence-electron chi connectivity index (χ2n) is 6.62. The number of carbonyl (C=O) groups is 3. The number of amides is 3. The van der Waals surface area contributed by atoms with Crippen LogP contribution in [0.5, 0.6) is 0 Å². The van der Waals surface area contributed by atoms with E-state index in [-0.39, 0.29) is 22.8 Å². The number of hydrazine groups is 1. The molecule has 30 heavy (non-hydrogen) atoms. The number of hydrogen-bond acceptors (Lipinski definition) is 4. The van der Waals surface area contributed by atoms with E-state index in [9.17, 15) is 18.8 Å². The minimum Gasteiger partial charge on any atom is -0.326 e. The molecule has 2 aromatic rings. The SMILES string of the molecule is O=C(/C=C/c1ccc(F)cc1)NC(=S)NNC(=O)c1ccc(NC(=O)C2CC2)cc1. The molecule has 154 valence electrons. The minimum atomic E-state index is -0.512. The van der Waals surface area contributed by atoms with Crippen molar-refractivity contribution in [3.63, 3.8) is 0 Å². The Morgan fingerprint density at radius 3 is 2.27 bits per heavy atom. The van der Waals surface area contributed by atoms with Crippen molar-refractivity contribution in [3.05, 3.63) is 71.6 Å². The van der Waals surface area contributed by atoms with Crippen LogP contribution in [0, 0.1) is 11.7 Å². The van der Waals surface area contributed by atoms with Gasteiger partial charge in [0.15, 0.2) is 5.11 Å². The van der Waals surface area contributed by atoms with Crippen LogP contribution in [0.2, 0.25) is 0 Å². The number of halogens is 1. The van der Waals surface area contributed by atoms with Crippen molar-refractivity contribution in [1.82, 2.24) is 16.2 Å². The van der Waals surface area contributed by atoms with Crippen LogP contribution < -0.4 is 21.5 Å². The molecule has 0 aliphatic heterocycles. The van der Waals surface area contributed by atoms with Gasteiger partial charge in [0.1, 0.15) is 5.82 Å². The molecule has 2 aromatic carbocycles. The molecule has 0 spiro atoms. The van der Waals surface area contributed by atoms with E-state index in [1.54, 1.807) is 24.3 Å². The van der Waals surface area contributed by atoms with Gasteiger partial charge < -0.3 is 5.32 Å². The molecule has 0 saturated heterocycles. The van der Waals surface area contributed by atoms with Crippen LogP contribution in [-0.2, 0) is 9.59 Å². The number of benzene rings is 2. The zero-order chi connectivity index (χ0) is 21.5. The van der Waals surface area contributed by atoms with Gasteiger partial charge in [-0.15, -0.1) is 0 Å². The summed E-state index contributed by atoms with van der Waals surface area (Å²) < 4.78 is 12.9. The van der Waals surface area contributed by atoms with Crippen LogP contribution in [0.25, 0.3) is 6.08 Å². The Labute approximate surface area is 177 Å². The molecule has 1 fully saturated rings. The highest BCUT2D eigenvalue weighted by molar-refractivity contribution is 7.80. The smallest absolute Gasteiger partial charge is 0.269 e. The minimum absolute atomic E-state index is 0.0107. The molecule has 0 unspecified atom stereocenters. The number of anilines is 1. The first-order chi connectivity index (χ1) is 14.4. The van der Waals surface area contributed by atoms with E-state index < -0.39 is 11.8 Å². The monoisotopic (exact) mass is 426 g/mol. The van der Waals surface area contributed by atoms with Gasteiger partial charge in [0.2, 0.25) is 11.8 Å². The van der Waals surface area contributed by atoms with Crippen molar-refractivity contribution < 1.29 is 18.8 Å². The Kier molecular flexibility index (Phi) is 6.87. The fourth-order valence-electron chi connectivity index (χ4n) is 2.41. The van der Waals surface area contributed by atoms with Crippen LogP contribution in [0.1, 0.15) is 28.8 Å². The lowest BCUT2D eigenvalue weighted by Crippen LogP contribution is -2.48. The fraction of sp³-hybridized carbons (Fsp3) is 0.143. The van der Waals surface area contributed by atoms with Gasteiger partial charge in [0.25, 0.3) is 5.91 Å². The topological polar surface area (TPSA) is 99.3 Å². The van der Waals surface area contributed by atoms with E-state index in [0.29, 0.717) is 16.8 Å². The molecule has 0 atom stereocenters. The van der Waals surface area contributed by atoms with E-state index in [4.69, 9.17) is 12.2 Å². The highest BCUT2D eigenvalue weighted by Crippen LogP contribution is 2.30. The second-order valence-corrected chi connectivity index (χ2v) is 7.03. The van der Waals surface area contributed by atoms with Crippen LogP contribution >= 0.6 is 12.2 Å². The quantitative estimate of drug-likeness (QED) is 0.335. The molecule has 3 amide bonds. The van der Waals surface area contributed by atoms with E-state index in [2.05, 4.69) is 21.5 Å². The summed E-state index contributed by atoms with van der Waals surface area (Å²) in [6.07, 6.45) is 4.56. The zero-order valence-electron chi connectivity index (χ0n) is 15.8. The Hall–Kier alpha value is -3.59. The van der Waals surface area contributed by atoms with Gasteiger partial charge in [-0.2, -0.15) is 0 Å². The summed E-state index contributed by atoms with van der Waals surface area (Å²) in [5, 5.41) is 5.07. The number of rotatable bonds is 5. The Morgan fingerprint density at radius 1 is 0.967 bits per heavy atom. The Morgan fingerprint density at radius 2 is 1.63 bits per heavy atom. The van der Waals surface area contributed by atoms with E-state index in [0.717, 1.165) is 12.8 Å². The fourth-order valence-corrected chi connectivity index (χ4v) is 2.56. The highest BCUT2D eigenvalue weighted by Gasteiger charge is 2.29. The molecule has 4 N–H and O–H groups in total. The van der Waals surface area contributed by atoms with Gasteiger partial charge >= 0.3 is 0 Å². The molecule has 0 heterocycles. The Bertz CT molecular complexity index is 986. The summed E-state index contributed by atoms with van der Waals surface area (Å²) in [6.45, 7) is 0. The third kappa shape index (κ3) is 6.49. The van der Waals surface area contributed by atoms with Crippen LogP contribution in [0.15, 0.2) is 54.6 Å². The average molecular weight is 426 g/mol. The highest BCUT2D eigenvalue weighted by atomic mass is 32.1. The average Bonchev–Trinajstić information content (AvgIpc) is 3.58. The molecule has 3 rings (SSSR count). The molecule has 0 radical (unpaired) electrons. The predicted octanol–water partition coefficient (Wildman–Crippen LogP) is 2.52. The van der Waals surface area contributed by atoms with Crippen molar-refractivity contribution in [2.75, 3.05) is 5.32 Å². The van der Waals surface area contributed by atoms with E-state index in [1.807, 2.05) is 0 Å². The molecule has 0 aromatic heterocycles. The summed E-state index contributed by atoms with van der Waals surface area (Å²) in [7, 11) is 0. The molecule has 1 aliphatic rings. The van der Waals surface area contributed by atoms with Crippen molar-refractivity contribution in [2.24, 2.45) is 5.92 Å². The predicted molar refractivity (Wildman–Crippen MR) is 115 cm³/mol. The van der Waals surface area contributed by atoms with Gasteiger partial charge in [-0.25, -0.2) is 4.39 Å². The Balaban J connectivity index is 1.42. The summed E-state index contributed by atoms with van der Waals surface area (Å²) in [5.74, 6) is -1.26. The number of hydrogen-bond donors (Lipinski definition) is 4. The van der Waals surface area contributed by atoms with Crippen LogP contribution in [0.3, 0.4) is 0 Å². The lowest BCUT2D eigenvalue weighted by molar-refractivity contribution is -0.117. The summed E-state index contributed by atoms with van der Waals surface area (Å²) in [5.41, 5.74) is 6.42. The van der Waals surface area contributed by atoms with Gasteiger partial charge in [-0.3, -0.25) is 30.6 Å². The molecular weight excluding hydrogens is 407 g/mol. The van der Waals surface area contributed by atoms with Crippen LogP contribution in [0.4, 0.5) is 10.1 Å². The summed E-state index contributed by atoms with van der Waals surface area (Å²) in [6, 6.07) is 12.0. The first-order valence-electron chi connectivity index (χ1n) is 9.16. The molecule has 7 nitrogen and oxygen atoms in total.